The van der Waals surface area contributed by atoms with Gasteiger partial charge in [0.25, 0.3) is 11.5 Å². The molecule has 7 nitrogen and oxygen atoms in total. The van der Waals surface area contributed by atoms with Crippen molar-refractivity contribution in [1.82, 2.24) is 19.4 Å². The van der Waals surface area contributed by atoms with Crippen molar-refractivity contribution in [3.8, 4) is 5.69 Å². The van der Waals surface area contributed by atoms with E-state index in [4.69, 9.17) is 0 Å². The van der Waals surface area contributed by atoms with Crippen molar-refractivity contribution < 1.29 is 14.0 Å². The van der Waals surface area contributed by atoms with Gasteiger partial charge < -0.3 is 9.80 Å². The average Bonchev–Trinajstić information content (AvgIpc) is 3.23. The van der Waals surface area contributed by atoms with Gasteiger partial charge in [0, 0.05) is 44.6 Å². The molecule has 0 spiro atoms. The van der Waals surface area contributed by atoms with Crippen LogP contribution < -0.4 is 5.56 Å². The number of hydrogen-bond acceptors (Lipinski definition) is 4. The molecule has 2 aromatic heterocycles. The zero-order valence-corrected chi connectivity index (χ0v) is 17.5. The van der Waals surface area contributed by atoms with E-state index in [1.165, 1.54) is 35.8 Å². The molecule has 2 aliphatic heterocycles. The number of hydrogen-bond donors (Lipinski definition) is 0. The van der Waals surface area contributed by atoms with Crippen molar-refractivity contribution >= 4 is 11.8 Å². The number of carbonyl (C=O) groups excluding carboxylic acids is 2. The Morgan fingerprint density at radius 1 is 1.00 bits per heavy atom. The molecule has 32 heavy (non-hydrogen) atoms. The molecule has 5 rings (SSSR count). The number of benzene rings is 1. The van der Waals surface area contributed by atoms with E-state index in [9.17, 15) is 18.8 Å². The maximum absolute atomic E-state index is 13.6. The molecule has 0 radical (unpaired) electrons. The average molecular weight is 432 g/mol. The summed E-state index contributed by atoms with van der Waals surface area (Å²) < 4.78 is 14.8. The number of aromatic nitrogens is 2. The smallest absolute Gasteiger partial charge is 0.268 e. The Morgan fingerprint density at radius 2 is 1.75 bits per heavy atom. The molecule has 0 unspecified atom stereocenters. The summed E-state index contributed by atoms with van der Waals surface area (Å²) in [5, 5.41) is 0. The van der Waals surface area contributed by atoms with E-state index in [2.05, 4.69) is 4.98 Å². The Labute approximate surface area is 183 Å². The van der Waals surface area contributed by atoms with Crippen LogP contribution in [-0.4, -0.2) is 37.7 Å². The van der Waals surface area contributed by atoms with E-state index >= 15 is 0 Å². The van der Waals surface area contributed by atoms with Crippen molar-refractivity contribution in [2.75, 3.05) is 6.54 Å². The van der Waals surface area contributed by atoms with Gasteiger partial charge in [-0.2, -0.15) is 0 Å². The van der Waals surface area contributed by atoms with Crippen molar-refractivity contribution in [2.45, 2.75) is 33.0 Å². The van der Waals surface area contributed by atoms with Crippen LogP contribution >= 0.6 is 0 Å². The molecule has 162 valence electrons. The molecule has 4 heterocycles. The largest absolute Gasteiger partial charge is 0.338 e. The van der Waals surface area contributed by atoms with Crippen LogP contribution in [0.4, 0.5) is 4.39 Å². The summed E-state index contributed by atoms with van der Waals surface area (Å²) in [6, 6.07) is 9.30. The maximum Gasteiger partial charge on any atom is 0.268 e. The van der Waals surface area contributed by atoms with Crippen molar-refractivity contribution in [1.29, 1.82) is 0 Å². The second-order valence-corrected chi connectivity index (χ2v) is 8.12. The molecule has 0 N–H and O–H groups in total. The van der Waals surface area contributed by atoms with Gasteiger partial charge in [0.15, 0.2) is 0 Å². The lowest BCUT2D eigenvalue weighted by molar-refractivity contribution is -0.129. The molecular weight excluding hydrogens is 411 g/mol. The standard InChI is InChI=1S/C24H21FN4O3/c1-15(30)27-10-8-20-17(12-27)13-29(19-6-4-18(25)5-7-19)24(32)22(20)23(31)28-11-16-3-2-9-26-21(16)14-28/h2-7,9,13H,8,10-12,14H2,1H3. The Balaban J connectivity index is 1.62. The molecule has 1 aromatic carbocycles. The quantitative estimate of drug-likeness (QED) is 0.623. The number of pyridine rings is 2. The summed E-state index contributed by atoms with van der Waals surface area (Å²) in [6.07, 6.45) is 3.78. The maximum atomic E-state index is 13.6. The Bertz CT molecular complexity index is 1270. The highest BCUT2D eigenvalue weighted by molar-refractivity contribution is 5.96. The number of fused-ring (bicyclic) bond motifs is 2. The third-order valence-electron chi connectivity index (χ3n) is 6.14. The lowest BCUT2D eigenvalue weighted by atomic mass is 9.95. The lowest BCUT2D eigenvalue weighted by Crippen LogP contribution is -2.40. The predicted octanol–water partition coefficient (Wildman–Crippen LogP) is 2.43. The summed E-state index contributed by atoms with van der Waals surface area (Å²) in [4.78, 5) is 46.8. The number of halogens is 1. The van der Waals surface area contributed by atoms with Gasteiger partial charge >= 0.3 is 0 Å². The van der Waals surface area contributed by atoms with Crippen LogP contribution in [0.3, 0.4) is 0 Å². The summed E-state index contributed by atoms with van der Waals surface area (Å²) in [5.41, 5.74) is 3.34. The summed E-state index contributed by atoms with van der Waals surface area (Å²) in [6.45, 7) is 3.00. The van der Waals surface area contributed by atoms with Gasteiger partial charge in [0.1, 0.15) is 11.4 Å². The van der Waals surface area contributed by atoms with E-state index in [0.29, 0.717) is 43.9 Å². The number of rotatable bonds is 2. The number of amides is 2. The number of nitrogens with zero attached hydrogens (tertiary/aromatic N) is 4. The van der Waals surface area contributed by atoms with E-state index in [1.807, 2.05) is 12.1 Å². The van der Waals surface area contributed by atoms with Gasteiger partial charge in [-0.15, -0.1) is 0 Å². The molecule has 0 fully saturated rings. The first kappa shape index (κ1) is 20.1. The van der Waals surface area contributed by atoms with Crippen molar-refractivity contribution in [3.05, 3.63) is 92.9 Å². The number of carbonyl (C=O) groups is 2. The summed E-state index contributed by atoms with van der Waals surface area (Å²) >= 11 is 0. The molecule has 0 bridgehead atoms. The molecule has 0 atom stereocenters. The molecule has 3 aromatic rings. The third kappa shape index (κ3) is 3.37. The fraction of sp³-hybridized carbons (Fsp3) is 0.250. The second kappa shape index (κ2) is 7.71. The van der Waals surface area contributed by atoms with Gasteiger partial charge in [-0.05, 0) is 53.4 Å². The fourth-order valence-electron chi connectivity index (χ4n) is 4.44. The third-order valence-corrected chi connectivity index (χ3v) is 6.14. The minimum atomic E-state index is -0.444. The SMILES string of the molecule is CC(=O)N1CCc2c(cn(-c3ccc(F)cc3)c(=O)c2C(=O)N2Cc3cccnc3C2)C1. The molecule has 0 saturated heterocycles. The zero-order chi connectivity index (χ0) is 22.4. The molecule has 8 heteroatoms. The van der Waals surface area contributed by atoms with Crippen LogP contribution in [0.25, 0.3) is 5.69 Å². The van der Waals surface area contributed by atoms with Crippen LogP contribution in [0.5, 0.6) is 0 Å². The highest BCUT2D eigenvalue weighted by atomic mass is 19.1. The van der Waals surface area contributed by atoms with Gasteiger partial charge in [-0.3, -0.25) is 23.9 Å². The minimum Gasteiger partial charge on any atom is -0.338 e. The zero-order valence-electron chi connectivity index (χ0n) is 17.5. The highest BCUT2D eigenvalue weighted by Crippen LogP contribution is 2.26. The van der Waals surface area contributed by atoms with E-state index < -0.39 is 11.4 Å². The van der Waals surface area contributed by atoms with E-state index in [1.54, 1.807) is 22.2 Å². The fourth-order valence-corrected chi connectivity index (χ4v) is 4.44. The second-order valence-electron chi connectivity index (χ2n) is 8.12. The first-order chi connectivity index (χ1) is 15.4. The van der Waals surface area contributed by atoms with Crippen molar-refractivity contribution in [3.63, 3.8) is 0 Å². The van der Waals surface area contributed by atoms with Gasteiger partial charge in [-0.25, -0.2) is 4.39 Å². The Hall–Kier alpha value is -3.81. The van der Waals surface area contributed by atoms with Crippen molar-refractivity contribution in [2.24, 2.45) is 0 Å². The molecule has 0 saturated carbocycles. The van der Waals surface area contributed by atoms with Gasteiger partial charge in [0.05, 0.1) is 12.2 Å². The summed E-state index contributed by atoms with van der Waals surface area (Å²) in [7, 11) is 0. The molecule has 2 aliphatic rings. The molecule has 0 aliphatic carbocycles. The van der Waals surface area contributed by atoms with E-state index in [0.717, 1.165) is 16.8 Å². The van der Waals surface area contributed by atoms with Crippen LogP contribution in [-0.2, 0) is 30.8 Å². The molecular formula is C24H21FN4O3. The van der Waals surface area contributed by atoms with Crippen LogP contribution in [0.15, 0.2) is 53.6 Å². The van der Waals surface area contributed by atoms with Gasteiger partial charge in [-0.1, -0.05) is 6.07 Å². The normalized spacial score (nSPS) is 14.8. The predicted molar refractivity (Wildman–Crippen MR) is 115 cm³/mol. The topological polar surface area (TPSA) is 75.5 Å². The Morgan fingerprint density at radius 3 is 2.47 bits per heavy atom. The first-order valence-electron chi connectivity index (χ1n) is 10.4. The first-order valence-corrected chi connectivity index (χ1v) is 10.4. The monoisotopic (exact) mass is 432 g/mol. The van der Waals surface area contributed by atoms with E-state index in [-0.39, 0.29) is 17.4 Å². The molecule has 2 amide bonds. The highest BCUT2D eigenvalue weighted by Gasteiger charge is 2.32. The minimum absolute atomic E-state index is 0.0656. The van der Waals surface area contributed by atoms with Crippen LogP contribution in [0.1, 0.15) is 39.7 Å². The van der Waals surface area contributed by atoms with Gasteiger partial charge in [0.2, 0.25) is 5.91 Å². The van der Waals surface area contributed by atoms with Crippen LogP contribution in [0, 0.1) is 5.82 Å². The Kier molecular flexibility index (Phi) is 4.84. The lowest BCUT2D eigenvalue weighted by Gasteiger charge is -2.30. The van der Waals surface area contributed by atoms with Crippen LogP contribution in [0.2, 0.25) is 0 Å². The summed E-state index contributed by atoms with van der Waals surface area (Å²) in [5.74, 6) is -0.831.